The van der Waals surface area contributed by atoms with E-state index in [9.17, 15) is 14.9 Å². The average Bonchev–Trinajstić information content (AvgIpc) is 3.40. The normalized spacial score (nSPS) is 11.1. The van der Waals surface area contributed by atoms with E-state index < -0.39 is 4.92 Å². The van der Waals surface area contributed by atoms with Crippen molar-refractivity contribution in [3.63, 3.8) is 0 Å². The number of non-ortho nitro benzene ring substituents is 1. The summed E-state index contributed by atoms with van der Waals surface area (Å²) in [5.41, 5.74) is 6.59. The number of hydrogen-bond acceptors (Lipinski definition) is 5. The lowest BCUT2D eigenvalue weighted by Gasteiger charge is -2.10. The molecule has 160 valence electrons. The standard InChI is InChI=1S/C24H20N4O4/c1-16-9-10-17(2)27(16)20-7-4-6-19(14-20)24(29)26-25-15-22-11-12-23(32-22)18-5-3-8-21(13-18)28(30)31/h3-15H,1-2H3,(H,26,29)/b25-15-. The summed E-state index contributed by atoms with van der Waals surface area (Å²) in [5.74, 6) is 0.516. The highest BCUT2D eigenvalue weighted by Gasteiger charge is 2.11. The summed E-state index contributed by atoms with van der Waals surface area (Å²) >= 11 is 0. The lowest BCUT2D eigenvalue weighted by atomic mass is 10.1. The molecule has 8 heteroatoms. The highest BCUT2D eigenvalue weighted by molar-refractivity contribution is 5.95. The van der Waals surface area contributed by atoms with Crippen molar-refractivity contribution in [1.29, 1.82) is 0 Å². The van der Waals surface area contributed by atoms with Crippen molar-refractivity contribution < 1.29 is 14.1 Å². The second-order valence-corrected chi connectivity index (χ2v) is 7.21. The molecule has 1 amide bonds. The third-order valence-corrected chi connectivity index (χ3v) is 4.96. The van der Waals surface area contributed by atoms with Gasteiger partial charge in [0.25, 0.3) is 11.6 Å². The summed E-state index contributed by atoms with van der Waals surface area (Å²) in [5, 5.41) is 14.9. The molecule has 2 heterocycles. The van der Waals surface area contributed by atoms with Crippen LogP contribution in [0.5, 0.6) is 0 Å². The van der Waals surface area contributed by atoms with Crippen LogP contribution in [0.4, 0.5) is 5.69 Å². The molecule has 1 N–H and O–H groups in total. The first-order chi connectivity index (χ1) is 15.4. The molecule has 0 spiro atoms. The molecule has 2 aromatic heterocycles. The Morgan fingerprint density at radius 1 is 1.03 bits per heavy atom. The Kier molecular flexibility index (Phi) is 5.67. The number of aromatic nitrogens is 1. The molecule has 0 fully saturated rings. The van der Waals surface area contributed by atoms with Gasteiger partial charge in [0.15, 0.2) is 0 Å². The Balaban J connectivity index is 1.45. The molecule has 0 aliphatic carbocycles. The van der Waals surface area contributed by atoms with Crippen LogP contribution >= 0.6 is 0 Å². The third-order valence-electron chi connectivity index (χ3n) is 4.96. The first-order valence-electron chi connectivity index (χ1n) is 9.86. The van der Waals surface area contributed by atoms with Crippen LogP contribution in [0, 0.1) is 24.0 Å². The Morgan fingerprint density at radius 2 is 1.78 bits per heavy atom. The van der Waals surface area contributed by atoms with Gasteiger partial charge >= 0.3 is 0 Å². The maximum absolute atomic E-state index is 12.5. The summed E-state index contributed by atoms with van der Waals surface area (Å²) in [7, 11) is 0. The Labute approximate surface area is 184 Å². The first-order valence-corrected chi connectivity index (χ1v) is 9.86. The predicted octanol–water partition coefficient (Wildman–Crippen LogP) is 5.03. The van der Waals surface area contributed by atoms with Gasteiger partial charge in [-0.3, -0.25) is 14.9 Å². The lowest BCUT2D eigenvalue weighted by molar-refractivity contribution is -0.384. The summed E-state index contributed by atoms with van der Waals surface area (Å²) in [6.07, 6.45) is 1.38. The number of aryl methyl sites for hydroxylation is 2. The Hall–Kier alpha value is -4.46. The lowest BCUT2D eigenvalue weighted by Crippen LogP contribution is -2.17. The molecular formula is C24H20N4O4. The SMILES string of the molecule is Cc1ccc(C)n1-c1cccc(C(=O)N/N=C\c2ccc(-c3cccc([N+](=O)[O-])c3)o2)c1. The van der Waals surface area contributed by atoms with Crippen LogP contribution in [-0.2, 0) is 0 Å². The monoisotopic (exact) mass is 428 g/mol. The number of nitro groups is 1. The largest absolute Gasteiger partial charge is 0.455 e. The molecule has 0 aliphatic heterocycles. The molecule has 2 aromatic carbocycles. The van der Waals surface area contributed by atoms with Crippen molar-refractivity contribution in [2.24, 2.45) is 5.10 Å². The molecule has 4 aromatic rings. The molecule has 0 radical (unpaired) electrons. The van der Waals surface area contributed by atoms with Gasteiger partial charge in [-0.05, 0) is 56.3 Å². The predicted molar refractivity (Wildman–Crippen MR) is 121 cm³/mol. The van der Waals surface area contributed by atoms with Crippen molar-refractivity contribution in [2.45, 2.75) is 13.8 Å². The van der Waals surface area contributed by atoms with Gasteiger partial charge in [0, 0.05) is 40.3 Å². The second-order valence-electron chi connectivity index (χ2n) is 7.21. The van der Waals surface area contributed by atoms with E-state index >= 15 is 0 Å². The number of furan rings is 1. The molecule has 8 nitrogen and oxygen atoms in total. The van der Waals surface area contributed by atoms with E-state index in [0.717, 1.165) is 17.1 Å². The first kappa shape index (κ1) is 20.8. The summed E-state index contributed by atoms with van der Waals surface area (Å²) in [4.78, 5) is 23.0. The van der Waals surface area contributed by atoms with Gasteiger partial charge in [-0.2, -0.15) is 5.10 Å². The van der Waals surface area contributed by atoms with Gasteiger partial charge in [0.05, 0.1) is 11.1 Å². The zero-order chi connectivity index (χ0) is 22.7. The number of hydrogen-bond donors (Lipinski definition) is 1. The minimum Gasteiger partial charge on any atom is -0.455 e. The Morgan fingerprint density at radius 3 is 2.53 bits per heavy atom. The van der Waals surface area contributed by atoms with Crippen molar-refractivity contribution in [1.82, 2.24) is 9.99 Å². The number of nitro benzene ring substituents is 1. The number of carbonyl (C=O) groups excluding carboxylic acids is 1. The molecule has 32 heavy (non-hydrogen) atoms. The second kappa shape index (κ2) is 8.73. The zero-order valence-corrected chi connectivity index (χ0v) is 17.5. The van der Waals surface area contributed by atoms with Gasteiger partial charge in [-0.25, -0.2) is 5.43 Å². The van der Waals surface area contributed by atoms with Crippen molar-refractivity contribution >= 4 is 17.8 Å². The maximum atomic E-state index is 12.5. The van der Waals surface area contributed by atoms with Crippen molar-refractivity contribution in [3.8, 4) is 17.0 Å². The summed E-state index contributed by atoms with van der Waals surface area (Å²) < 4.78 is 7.73. The van der Waals surface area contributed by atoms with Crippen molar-refractivity contribution in [3.05, 3.63) is 106 Å². The number of benzene rings is 2. The van der Waals surface area contributed by atoms with E-state index in [1.165, 1.54) is 18.3 Å². The molecule has 0 saturated heterocycles. The fraction of sp³-hybridized carbons (Fsp3) is 0.0833. The molecule has 0 atom stereocenters. The summed E-state index contributed by atoms with van der Waals surface area (Å²) in [6, 6.07) is 20.9. The molecular weight excluding hydrogens is 408 g/mol. The smallest absolute Gasteiger partial charge is 0.271 e. The van der Waals surface area contributed by atoms with Crippen LogP contribution in [0.25, 0.3) is 17.0 Å². The molecule has 0 bridgehead atoms. The zero-order valence-electron chi connectivity index (χ0n) is 17.5. The molecule has 0 unspecified atom stereocenters. The van der Waals surface area contributed by atoms with Crippen LogP contribution in [0.1, 0.15) is 27.5 Å². The van der Waals surface area contributed by atoms with E-state index in [4.69, 9.17) is 4.42 Å². The van der Waals surface area contributed by atoms with Crippen LogP contribution in [0.15, 0.2) is 82.3 Å². The minimum absolute atomic E-state index is 0.0195. The quantitative estimate of drug-likeness (QED) is 0.264. The van der Waals surface area contributed by atoms with Gasteiger partial charge in [-0.15, -0.1) is 0 Å². The van der Waals surface area contributed by atoms with Crippen LogP contribution in [-0.4, -0.2) is 21.6 Å². The van der Waals surface area contributed by atoms with Crippen LogP contribution in [0.2, 0.25) is 0 Å². The number of hydrazone groups is 1. The molecule has 0 aliphatic rings. The average molecular weight is 428 g/mol. The van der Waals surface area contributed by atoms with Crippen molar-refractivity contribution in [2.75, 3.05) is 0 Å². The highest BCUT2D eigenvalue weighted by Crippen LogP contribution is 2.25. The number of carbonyl (C=O) groups is 1. The van der Waals surface area contributed by atoms with Gasteiger partial charge < -0.3 is 8.98 Å². The third kappa shape index (κ3) is 4.34. The van der Waals surface area contributed by atoms with Gasteiger partial charge in [0.1, 0.15) is 11.5 Å². The van der Waals surface area contributed by atoms with E-state index in [2.05, 4.69) is 15.1 Å². The minimum atomic E-state index is -0.460. The van der Waals surface area contributed by atoms with E-state index in [1.807, 2.05) is 38.1 Å². The van der Waals surface area contributed by atoms with Crippen LogP contribution < -0.4 is 5.43 Å². The van der Waals surface area contributed by atoms with E-state index in [0.29, 0.717) is 22.6 Å². The highest BCUT2D eigenvalue weighted by atomic mass is 16.6. The fourth-order valence-electron chi connectivity index (χ4n) is 3.43. The topological polar surface area (TPSA) is 103 Å². The molecule has 4 rings (SSSR count). The van der Waals surface area contributed by atoms with Crippen LogP contribution in [0.3, 0.4) is 0 Å². The maximum Gasteiger partial charge on any atom is 0.271 e. The van der Waals surface area contributed by atoms with E-state index in [1.54, 1.807) is 36.4 Å². The number of amides is 1. The van der Waals surface area contributed by atoms with E-state index in [-0.39, 0.29) is 11.6 Å². The number of rotatable bonds is 6. The molecule has 0 saturated carbocycles. The van der Waals surface area contributed by atoms with Gasteiger partial charge in [0.2, 0.25) is 0 Å². The summed E-state index contributed by atoms with van der Waals surface area (Å²) in [6.45, 7) is 4.02. The number of nitrogens with zero attached hydrogens (tertiary/aromatic N) is 3. The fourth-order valence-corrected chi connectivity index (χ4v) is 3.43. The van der Waals surface area contributed by atoms with Gasteiger partial charge in [-0.1, -0.05) is 18.2 Å². The number of nitrogens with one attached hydrogen (secondary N) is 1. The Bertz CT molecular complexity index is 1310.